The third kappa shape index (κ3) is 6.46. The number of rotatable bonds is 10. The Morgan fingerprint density at radius 3 is 2.69 bits per heavy atom. The molecule has 144 valence electrons. The number of hydrogen-bond donors (Lipinski definition) is 0. The van der Waals surface area contributed by atoms with Crippen LogP contribution in [0.4, 0.5) is 0 Å². The van der Waals surface area contributed by atoms with Crippen LogP contribution < -0.4 is 0 Å². The highest BCUT2D eigenvalue weighted by Crippen LogP contribution is 2.22. The molecule has 1 unspecified atom stereocenters. The summed E-state index contributed by atoms with van der Waals surface area (Å²) in [4.78, 5) is 12.3. The van der Waals surface area contributed by atoms with E-state index in [9.17, 15) is 4.79 Å². The summed E-state index contributed by atoms with van der Waals surface area (Å²) in [7, 11) is 6.37. The first-order valence-electron chi connectivity index (χ1n) is 9.40. The number of hydrogen-bond acceptors (Lipinski definition) is 4. The van der Waals surface area contributed by atoms with Crippen molar-refractivity contribution in [3.05, 3.63) is 35.6 Å². The minimum Gasteiger partial charge on any atom is -0.457 e. The molecule has 0 aliphatic rings. The molecular formula is C21H32NO4+. The van der Waals surface area contributed by atoms with Crippen molar-refractivity contribution >= 4 is 16.9 Å². The zero-order valence-electron chi connectivity index (χ0n) is 16.7. The number of unbranched alkanes of at least 4 members (excludes halogenated alkanes) is 1. The van der Waals surface area contributed by atoms with E-state index in [1.54, 1.807) is 6.07 Å². The monoisotopic (exact) mass is 362 g/mol. The van der Waals surface area contributed by atoms with Gasteiger partial charge in [0.25, 0.3) is 0 Å². The van der Waals surface area contributed by atoms with Gasteiger partial charge in [0.2, 0.25) is 5.76 Å². The molecule has 0 spiro atoms. The highest BCUT2D eigenvalue weighted by molar-refractivity contribution is 5.92. The molecule has 1 heterocycles. The maximum absolute atomic E-state index is 12.3. The van der Waals surface area contributed by atoms with E-state index in [2.05, 4.69) is 28.1 Å². The Labute approximate surface area is 156 Å². The molecule has 5 nitrogen and oxygen atoms in total. The van der Waals surface area contributed by atoms with Gasteiger partial charge in [-0.15, -0.1) is 0 Å². The largest absolute Gasteiger partial charge is 0.457 e. The van der Waals surface area contributed by atoms with E-state index in [4.69, 9.17) is 13.9 Å². The van der Waals surface area contributed by atoms with Crippen LogP contribution >= 0.6 is 0 Å². The Bertz CT molecular complexity index is 714. The third-order valence-corrected chi connectivity index (χ3v) is 4.21. The van der Waals surface area contributed by atoms with Crippen molar-refractivity contribution in [2.24, 2.45) is 0 Å². The van der Waals surface area contributed by atoms with E-state index in [0.29, 0.717) is 12.2 Å². The molecule has 0 radical (unpaired) electrons. The minimum absolute atomic E-state index is 0.143. The number of fused-ring (bicyclic) bond motifs is 1. The topological polar surface area (TPSA) is 48.7 Å². The van der Waals surface area contributed by atoms with E-state index in [-0.39, 0.29) is 11.9 Å². The van der Waals surface area contributed by atoms with Crippen molar-refractivity contribution in [1.29, 1.82) is 0 Å². The van der Waals surface area contributed by atoms with Crippen LogP contribution in [0.1, 0.15) is 49.2 Å². The second kappa shape index (κ2) is 9.19. The normalized spacial score (nSPS) is 13.1. The van der Waals surface area contributed by atoms with Gasteiger partial charge in [0, 0.05) is 18.4 Å². The number of carbonyl (C=O) groups excluding carboxylic acids is 1. The summed E-state index contributed by atoms with van der Waals surface area (Å²) in [6.07, 6.45) is 2.86. The van der Waals surface area contributed by atoms with Gasteiger partial charge in [-0.2, -0.15) is 0 Å². The summed E-state index contributed by atoms with van der Waals surface area (Å²) < 4.78 is 17.7. The van der Waals surface area contributed by atoms with Crippen LogP contribution in [0.5, 0.6) is 0 Å². The molecule has 1 aromatic carbocycles. The lowest BCUT2D eigenvalue weighted by Gasteiger charge is -2.25. The van der Waals surface area contributed by atoms with Crippen molar-refractivity contribution in [3.8, 4) is 0 Å². The molecule has 0 aliphatic carbocycles. The van der Waals surface area contributed by atoms with E-state index < -0.39 is 5.97 Å². The summed E-state index contributed by atoms with van der Waals surface area (Å²) >= 11 is 0. The number of carbonyl (C=O) groups is 1. The molecular weight excluding hydrogens is 330 g/mol. The Morgan fingerprint density at radius 2 is 2.00 bits per heavy atom. The molecule has 0 N–H and O–H groups in total. The van der Waals surface area contributed by atoms with Crippen LogP contribution in [-0.2, 0) is 16.1 Å². The first-order valence-corrected chi connectivity index (χ1v) is 9.40. The van der Waals surface area contributed by atoms with Gasteiger partial charge in [-0.05, 0) is 37.1 Å². The molecule has 2 aromatic rings. The Hall–Kier alpha value is -1.85. The Morgan fingerprint density at radius 1 is 1.23 bits per heavy atom. The van der Waals surface area contributed by atoms with Gasteiger partial charge in [0.15, 0.2) is 0 Å². The van der Waals surface area contributed by atoms with Gasteiger partial charge in [0.1, 0.15) is 11.7 Å². The third-order valence-electron chi connectivity index (χ3n) is 4.21. The maximum Gasteiger partial charge on any atom is 0.374 e. The van der Waals surface area contributed by atoms with Gasteiger partial charge in [-0.25, -0.2) is 4.79 Å². The van der Waals surface area contributed by atoms with E-state index >= 15 is 0 Å². The molecule has 2 rings (SSSR count). The first kappa shape index (κ1) is 20.5. The van der Waals surface area contributed by atoms with Gasteiger partial charge in [0.05, 0.1) is 34.3 Å². The van der Waals surface area contributed by atoms with Crippen molar-refractivity contribution in [2.75, 3.05) is 34.3 Å². The van der Waals surface area contributed by atoms with E-state index in [0.717, 1.165) is 47.8 Å². The number of esters is 1. The van der Waals surface area contributed by atoms with Crippen LogP contribution in [0.2, 0.25) is 0 Å². The SMILES string of the molecule is CCCCOCc1ccc2oc(C(=O)OC(C)CC[N+](C)(C)C)cc2c1. The highest BCUT2D eigenvalue weighted by atomic mass is 16.6. The maximum atomic E-state index is 12.3. The smallest absolute Gasteiger partial charge is 0.374 e. The lowest BCUT2D eigenvalue weighted by atomic mass is 10.1. The standard InChI is InChI=1S/C21H32NO4/c1-6-7-12-24-15-17-8-9-19-18(13-17)14-20(26-19)21(23)25-16(2)10-11-22(3,4)5/h8-9,13-14,16H,6-7,10-12,15H2,1-5H3/q+1. The van der Waals surface area contributed by atoms with Crippen molar-refractivity contribution in [2.45, 2.75) is 45.8 Å². The van der Waals surface area contributed by atoms with Gasteiger partial charge in [-0.1, -0.05) is 19.4 Å². The van der Waals surface area contributed by atoms with Gasteiger partial charge in [-0.3, -0.25) is 0 Å². The molecule has 5 heteroatoms. The van der Waals surface area contributed by atoms with Gasteiger partial charge < -0.3 is 18.4 Å². The summed E-state index contributed by atoms with van der Waals surface area (Å²) in [5, 5.41) is 0.896. The predicted octanol–water partition coefficient (Wildman–Crippen LogP) is 4.39. The second-order valence-corrected chi connectivity index (χ2v) is 7.91. The lowest BCUT2D eigenvalue weighted by Crippen LogP contribution is -2.37. The summed E-state index contributed by atoms with van der Waals surface area (Å²) in [5.74, 6) is -0.156. The molecule has 1 atom stereocenters. The second-order valence-electron chi connectivity index (χ2n) is 7.91. The quantitative estimate of drug-likeness (QED) is 0.357. The number of furan rings is 1. The molecule has 0 saturated carbocycles. The molecule has 0 saturated heterocycles. The number of benzene rings is 1. The summed E-state index contributed by atoms with van der Waals surface area (Å²) in [5.41, 5.74) is 1.76. The molecule has 1 aromatic heterocycles. The highest BCUT2D eigenvalue weighted by Gasteiger charge is 2.19. The molecule has 0 aliphatic heterocycles. The zero-order valence-corrected chi connectivity index (χ0v) is 16.7. The average Bonchev–Trinajstić information content (AvgIpc) is 3.00. The van der Waals surface area contributed by atoms with E-state index in [1.165, 1.54) is 0 Å². The molecule has 26 heavy (non-hydrogen) atoms. The molecule has 0 amide bonds. The Kier molecular flexibility index (Phi) is 7.23. The summed E-state index contributed by atoms with van der Waals surface area (Å²) in [6.45, 7) is 6.34. The van der Waals surface area contributed by atoms with Crippen LogP contribution in [0.25, 0.3) is 11.0 Å². The van der Waals surface area contributed by atoms with Crippen LogP contribution in [0.15, 0.2) is 28.7 Å². The number of nitrogens with zero attached hydrogens (tertiary/aromatic N) is 1. The first-order chi connectivity index (χ1) is 12.3. The summed E-state index contributed by atoms with van der Waals surface area (Å²) in [6, 6.07) is 7.60. The minimum atomic E-state index is -0.407. The predicted molar refractivity (Wildman–Crippen MR) is 103 cm³/mol. The Balaban J connectivity index is 1.95. The fraction of sp³-hybridized carbons (Fsp3) is 0.571. The zero-order chi connectivity index (χ0) is 19.2. The number of quaternary nitrogens is 1. The molecule has 0 fully saturated rings. The van der Waals surface area contributed by atoms with Crippen LogP contribution in [0.3, 0.4) is 0 Å². The van der Waals surface area contributed by atoms with Gasteiger partial charge >= 0.3 is 5.97 Å². The van der Waals surface area contributed by atoms with Crippen LogP contribution in [0, 0.1) is 0 Å². The van der Waals surface area contributed by atoms with E-state index in [1.807, 2.05) is 25.1 Å². The average molecular weight is 362 g/mol. The fourth-order valence-electron chi connectivity index (χ4n) is 2.59. The van der Waals surface area contributed by atoms with Crippen molar-refractivity contribution in [1.82, 2.24) is 0 Å². The van der Waals surface area contributed by atoms with Crippen molar-refractivity contribution < 1.29 is 23.2 Å². The molecule has 0 bridgehead atoms. The van der Waals surface area contributed by atoms with Crippen LogP contribution in [-0.4, -0.2) is 50.9 Å². The fourth-order valence-corrected chi connectivity index (χ4v) is 2.59. The lowest BCUT2D eigenvalue weighted by molar-refractivity contribution is -0.870. The number of ether oxygens (including phenoxy) is 2. The van der Waals surface area contributed by atoms with Crippen molar-refractivity contribution in [3.63, 3.8) is 0 Å².